The highest BCUT2D eigenvalue weighted by atomic mass is 16.4. The van der Waals surface area contributed by atoms with Crippen molar-refractivity contribution in [1.29, 1.82) is 0 Å². The van der Waals surface area contributed by atoms with E-state index in [2.05, 4.69) is 16.0 Å². The normalized spacial score (nSPS) is 14.9. The fourth-order valence-corrected chi connectivity index (χ4v) is 2.97. The number of carboxylic acid groups (broad SMARTS) is 1. The molecule has 0 bridgehead atoms. The minimum Gasteiger partial charge on any atom is -0.480 e. The van der Waals surface area contributed by atoms with E-state index in [1.54, 1.807) is 38.1 Å². The van der Waals surface area contributed by atoms with E-state index in [0.29, 0.717) is 11.4 Å². The Hall–Kier alpha value is -3.63. The highest BCUT2D eigenvalue weighted by Crippen LogP contribution is 2.28. The van der Waals surface area contributed by atoms with E-state index in [1.807, 2.05) is 0 Å². The van der Waals surface area contributed by atoms with Crippen LogP contribution in [0.1, 0.15) is 26.7 Å². The van der Waals surface area contributed by atoms with Gasteiger partial charge >= 0.3 is 12.0 Å². The first-order chi connectivity index (χ1) is 14.1. The van der Waals surface area contributed by atoms with Crippen molar-refractivity contribution in [3.05, 3.63) is 24.3 Å². The van der Waals surface area contributed by atoms with Crippen molar-refractivity contribution < 1.29 is 29.1 Å². The number of nitrogens with zero attached hydrogens (tertiary/aromatic N) is 1. The summed E-state index contributed by atoms with van der Waals surface area (Å²) in [5.41, 5.74) is 5.98. The number of aliphatic carboxylic acids is 1. The van der Waals surface area contributed by atoms with E-state index in [1.165, 1.54) is 4.90 Å². The maximum atomic E-state index is 12.8. The van der Waals surface area contributed by atoms with Crippen LogP contribution in [0, 0.1) is 5.92 Å². The highest BCUT2D eigenvalue weighted by Gasteiger charge is 2.32. The van der Waals surface area contributed by atoms with Crippen molar-refractivity contribution in [2.45, 2.75) is 38.8 Å². The number of hydrogen-bond acceptors (Lipinski definition) is 5. The second-order valence-corrected chi connectivity index (χ2v) is 7.23. The number of para-hydroxylation sites is 2. The summed E-state index contributed by atoms with van der Waals surface area (Å²) in [6, 6.07) is 3.66. The maximum Gasteiger partial charge on any atom is 0.326 e. The van der Waals surface area contributed by atoms with Crippen molar-refractivity contribution >= 4 is 41.1 Å². The van der Waals surface area contributed by atoms with Gasteiger partial charge in [0.2, 0.25) is 17.7 Å². The van der Waals surface area contributed by atoms with Crippen LogP contribution in [0.4, 0.5) is 16.2 Å². The van der Waals surface area contributed by atoms with E-state index in [0.717, 1.165) is 0 Å². The molecular weight excluding hydrogens is 394 g/mol. The van der Waals surface area contributed by atoms with Crippen LogP contribution in [0.5, 0.6) is 0 Å². The topological polar surface area (TPSA) is 171 Å². The molecule has 1 heterocycles. The zero-order valence-corrected chi connectivity index (χ0v) is 16.7. The summed E-state index contributed by atoms with van der Waals surface area (Å²) in [7, 11) is 0. The lowest BCUT2D eigenvalue weighted by molar-refractivity contribution is -0.142. The first-order valence-corrected chi connectivity index (χ1v) is 9.38. The summed E-state index contributed by atoms with van der Waals surface area (Å²) < 4.78 is 0. The molecule has 6 N–H and O–H groups in total. The number of rotatable bonds is 8. The molecule has 0 radical (unpaired) electrons. The molecule has 0 aromatic heterocycles. The Bertz CT molecular complexity index is 856. The highest BCUT2D eigenvalue weighted by molar-refractivity contribution is 6.10. The van der Waals surface area contributed by atoms with Crippen molar-refractivity contribution in [3.63, 3.8) is 0 Å². The lowest BCUT2D eigenvalue weighted by Crippen LogP contribution is -2.57. The van der Waals surface area contributed by atoms with Crippen LogP contribution in [-0.4, -0.2) is 53.5 Å². The van der Waals surface area contributed by atoms with Gasteiger partial charge in [-0.2, -0.15) is 0 Å². The summed E-state index contributed by atoms with van der Waals surface area (Å²) in [6.45, 7) is 3.13. The minimum atomic E-state index is -1.33. The SMILES string of the molecule is CC(C)C(NC(=O)N1CC(=O)Nc2ccccc21)C(=O)NC(CCC(N)=O)C(=O)O. The largest absolute Gasteiger partial charge is 0.480 e. The molecule has 5 amide bonds. The van der Waals surface area contributed by atoms with Crippen LogP contribution < -0.4 is 26.6 Å². The molecule has 0 spiro atoms. The standard InChI is InChI=1S/C19H25N5O6/c1-10(2)16(17(27)22-12(18(28)29)7-8-14(20)25)23-19(30)24-9-15(26)21-11-5-3-4-6-13(11)24/h3-6,10,12,16H,7-9H2,1-2H3,(H2,20,25)(H,21,26)(H,22,27)(H,23,30)(H,28,29). The molecule has 1 aromatic rings. The number of amides is 5. The molecule has 30 heavy (non-hydrogen) atoms. The number of anilines is 2. The van der Waals surface area contributed by atoms with Crippen molar-refractivity contribution in [1.82, 2.24) is 10.6 Å². The third-order valence-corrected chi connectivity index (χ3v) is 4.54. The molecule has 11 heteroatoms. The van der Waals surface area contributed by atoms with E-state index in [9.17, 15) is 29.1 Å². The number of hydrogen-bond donors (Lipinski definition) is 5. The van der Waals surface area contributed by atoms with Crippen LogP contribution in [0.3, 0.4) is 0 Å². The maximum absolute atomic E-state index is 12.8. The van der Waals surface area contributed by atoms with Crippen molar-refractivity contribution in [2.75, 3.05) is 16.8 Å². The van der Waals surface area contributed by atoms with Crippen molar-refractivity contribution in [3.8, 4) is 0 Å². The molecule has 11 nitrogen and oxygen atoms in total. The molecule has 2 unspecified atom stereocenters. The van der Waals surface area contributed by atoms with E-state index in [-0.39, 0.29) is 31.2 Å². The van der Waals surface area contributed by atoms with Gasteiger partial charge in [0.1, 0.15) is 18.6 Å². The molecule has 1 aliphatic heterocycles. The summed E-state index contributed by atoms with van der Waals surface area (Å²) >= 11 is 0. The number of carbonyl (C=O) groups is 5. The Morgan fingerprint density at radius 3 is 2.47 bits per heavy atom. The number of benzene rings is 1. The van der Waals surface area contributed by atoms with Crippen LogP contribution in [0.15, 0.2) is 24.3 Å². The second kappa shape index (κ2) is 9.72. The van der Waals surface area contributed by atoms with E-state index < -0.39 is 35.9 Å². The fourth-order valence-electron chi connectivity index (χ4n) is 2.97. The lowest BCUT2D eigenvalue weighted by Gasteiger charge is -2.31. The minimum absolute atomic E-state index is 0.172. The predicted octanol–water partition coefficient (Wildman–Crippen LogP) is 0.0142. The van der Waals surface area contributed by atoms with Gasteiger partial charge in [-0.25, -0.2) is 9.59 Å². The molecule has 1 aromatic carbocycles. The van der Waals surface area contributed by atoms with Crippen LogP contribution in [-0.2, 0) is 19.2 Å². The number of urea groups is 1. The number of nitrogens with two attached hydrogens (primary N) is 1. The molecule has 162 valence electrons. The number of nitrogens with one attached hydrogen (secondary N) is 3. The first-order valence-electron chi connectivity index (χ1n) is 9.38. The Morgan fingerprint density at radius 2 is 1.87 bits per heavy atom. The van der Waals surface area contributed by atoms with E-state index >= 15 is 0 Å². The number of primary amides is 1. The van der Waals surface area contributed by atoms with Gasteiger partial charge in [-0.05, 0) is 24.5 Å². The zero-order valence-electron chi connectivity index (χ0n) is 16.7. The Balaban J connectivity index is 2.14. The summed E-state index contributed by atoms with van der Waals surface area (Å²) in [5, 5.41) is 16.8. The zero-order chi connectivity index (χ0) is 22.4. The summed E-state index contributed by atoms with van der Waals surface area (Å²) in [5.74, 6) is -3.49. The van der Waals surface area contributed by atoms with Gasteiger partial charge in [0, 0.05) is 6.42 Å². The van der Waals surface area contributed by atoms with Gasteiger partial charge in [0.05, 0.1) is 11.4 Å². The van der Waals surface area contributed by atoms with Gasteiger partial charge in [0.15, 0.2) is 0 Å². The number of carboxylic acids is 1. The predicted molar refractivity (Wildman–Crippen MR) is 108 cm³/mol. The average Bonchev–Trinajstić information content (AvgIpc) is 2.67. The lowest BCUT2D eigenvalue weighted by atomic mass is 10.0. The number of carbonyl (C=O) groups excluding carboxylic acids is 4. The molecule has 2 rings (SSSR count). The van der Waals surface area contributed by atoms with Gasteiger partial charge in [-0.15, -0.1) is 0 Å². The van der Waals surface area contributed by atoms with Crippen LogP contribution in [0.25, 0.3) is 0 Å². The molecular formula is C19H25N5O6. The van der Waals surface area contributed by atoms with E-state index in [4.69, 9.17) is 5.73 Å². The molecule has 0 saturated heterocycles. The third-order valence-electron chi connectivity index (χ3n) is 4.54. The van der Waals surface area contributed by atoms with Crippen molar-refractivity contribution in [2.24, 2.45) is 11.7 Å². The Morgan fingerprint density at radius 1 is 1.20 bits per heavy atom. The Labute approximate surface area is 173 Å². The molecule has 2 atom stereocenters. The Kier molecular flexibility index (Phi) is 7.34. The molecule has 0 aliphatic carbocycles. The van der Waals surface area contributed by atoms with Gasteiger partial charge in [-0.1, -0.05) is 26.0 Å². The van der Waals surface area contributed by atoms with Crippen LogP contribution in [0.2, 0.25) is 0 Å². The van der Waals surface area contributed by atoms with Gasteiger partial charge in [-0.3, -0.25) is 19.3 Å². The van der Waals surface area contributed by atoms with Gasteiger partial charge in [0.25, 0.3) is 0 Å². The molecule has 0 saturated carbocycles. The third kappa shape index (κ3) is 5.69. The first kappa shape index (κ1) is 22.7. The van der Waals surface area contributed by atoms with Gasteiger partial charge < -0.3 is 26.8 Å². The smallest absolute Gasteiger partial charge is 0.326 e. The van der Waals surface area contributed by atoms with Crippen LogP contribution >= 0.6 is 0 Å². The number of fused-ring (bicyclic) bond motifs is 1. The molecule has 1 aliphatic rings. The fraction of sp³-hybridized carbons (Fsp3) is 0.421. The summed E-state index contributed by atoms with van der Waals surface area (Å²) in [4.78, 5) is 60.9. The monoisotopic (exact) mass is 419 g/mol. The quantitative estimate of drug-likeness (QED) is 0.397. The second-order valence-electron chi connectivity index (χ2n) is 7.23. The summed E-state index contributed by atoms with van der Waals surface area (Å²) in [6.07, 6.45) is -0.384. The average molecular weight is 419 g/mol. The molecule has 0 fully saturated rings.